The van der Waals surface area contributed by atoms with Gasteiger partial charge in [0, 0.05) is 38.1 Å². The fourth-order valence-electron chi connectivity index (χ4n) is 2.40. The number of rotatable bonds is 2. The molecule has 0 spiro atoms. The van der Waals surface area contributed by atoms with Crippen LogP contribution in [0.1, 0.15) is 0 Å². The molecule has 3 N–H and O–H groups in total. The number of hydrogen-bond acceptors (Lipinski definition) is 4. The van der Waals surface area contributed by atoms with Gasteiger partial charge in [0.1, 0.15) is 0 Å². The maximum Gasteiger partial charge on any atom is 0.325 e. The minimum atomic E-state index is -0.490. The van der Waals surface area contributed by atoms with E-state index in [4.69, 9.17) is 0 Å². The molecule has 1 aliphatic heterocycles. The first-order valence-electron chi connectivity index (χ1n) is 6.62. The monoisotopic (exact) mass is 272 g/mol. The van der Waals surface area contributed by atoms with Crippen LogP contribution in [-0.4, -0.2) is 36.1 Å². The summed E-state index contributed by atoms with van der Waals surface area (Å²) in [6.45, 7) is 3.94. The molecule has 1 aliphatic rings. The largest absolute Gasteiger partial charge is 0.369 e. The molecule has 1 saturated heterocycles. The molecule has 1 aromatic heterocycles. The van der Waals surface area contributed by atoms with Gasteiger partial charge in [0.05, 0.1) is 5.56 Å². The summed E-state index contributed by atoms with van der Waals surface area (Å²) in [6, 6.07) is 7.82. The lowest BCUT2D eigenvalue weighted by Crippen LogP contribution is -2.43. The molecule has 0 bridgehead atoms. The molecule has 1 fully saturated rings. The first kappa shape index (κ1) is 12.7. The van der Waals surface area contributed by atoms with Gasteiger partial charge in [0.2, 0.25) is 0 Å². The van der Waals surface area contributed by atoms with Gasteiger partial charge >= 0.3 is 5.69 Å². The minimum absolute atomic E-state index is 0.372. The number of piperazine rings is 1. The SMILES string of the molecule is O=c1[nH]cc(-c2ccc(N3CCNCC3)cc2)c(=O)[nH]1. The Kier molecular flexibility index (Phi) is 3.39. The lowest BCUT2D eigenvalue weighted by atomic mass is 10.1. The van der Waals surface area contributed by atoms with Crippen molar-refractivity contribution in [2.24, 2.45) is 0 Å². The van der Waals surface area contributed by atoms with E-state index in [1.54, 1.807) is 0 Å². The summed E-state index contributed by atoms with van der Waals surface area (Å²) in [5.74, 6) is 0. The molecule has 3 rings (SSSR count). The topological polar surface area (TPSA) is 81.0 Å². The highest BCUT2D eigenvalue weighted by molar-refractivity contribution is 5.64. The molecule has 1 aromatic carbocycles. The molecular formula is C14H16N4O2. The number of anilines is 1. The predicted octanol–water partition coefficient (Wildman–Crippen LogP) is 0.140. The zero-order valence-electron chi connectivity index (χ0n) is 11.0. The average Bonchev–Trinajstić information content (AvgIpc) is 2.48. The van der Waals surface area contributed by atoms with Crippen LogP contribution in [0.5, 0.6) is 0 Å². The lowest BCUT2D eigenvalue weighted by Gasteiger charge is -2.29. The highest BCUT2D eigenvalue weighted by Gasteiger charge is 2.10. The van der Waals surface area contributed by atoms with Gasteiger partial charge in [-0.2, -0.15) is 0 Å². The third-order valence-electron chi connectivity index (χ3n) is 3.48. The van der Waals surface area contributed by atoms with Crippen LogP contribution in [-0.2, 0) is 0 Å². The molecule has 2 heterocycles. The normalized spacial score (nSPS) is 15.3. The number of aromatic nitrogens is 2. The standard InChI is InChI=1S/C14H16N4O2/c19-13-12(9-16-14(20)17-13)10-1-3-11(4-2-10)18-7-5-15-6-8-18/h1-4,9,15H,5-8H2,(H2,16,17,19,20). The Bertz CT molecular complexity index is 696. The van der Waals surface area contributed by atoms with Crippen LogP contribution in [0.3, 0.4) is 0 Å². The van der Waals surface area contributed by atoms with Crippen molar-refractivity contribution < 1.29 is 0 Å². The Labute approximate surface area is 115 Å². The van der Waals surface area contributed by atoms with Gasteiger partial charge in [-0.15, -0.1) is 0 Å². The maximum atomic E-state index is 11.7. The van der Waals surface area contributed by atoms with Crippen molar-refractivity contribution in [1.82, 2.24) is 15.3 Å². The molecule has 0 aliphatic carbocycles. The fraction of sp³-hybridized carbons (Fsp3) is 0.286. The van der Waals surface area contributed by atoms with Gasteiger partial charge in [0.15, 0.2) is 0 Å². The van der Waals surface area contributed by atoms with Crippen LogP contribution in [0.4, 0.5) is 5.69 Å². The quantitative estimate of drug-likeness (QED) is 0.726. The Morgan fingerprint density at radius 1 is 1.00 bits per heavy atom. The van der Waals surface area contributed by atoms with Crippen molar-refractivity contribution in [1.29, 1.82) is 0 Å². The van der Waals surface area contributed by atoms with Crippen molar-refractivity contribution in [2.45, 2.75) is 0 Å². The molecule has 0 atom stereocenters. The van der Waals surface area contributed by atoms with Crippen LogP contribution >= 0.6 is 0 Å². The summed E-state index contributed by atoms with van der Waals surface area (Å²) < 4.78 is 0. The van der Waals surface area contributed by atoms with E-state index in [0.717, 1.165) is 37.4 Å². The zero-order valence-corrected chi connectivity index (χ0v) is 11.0. The fourth-order valence-corrected chi connectivity index (χ4v) is 2.40. The number of benzene rings is 1. The number of H-pyrrole nitrogens is 2. The van der Waals surface area contributed by atoms with E-state index in [1.165, 1.54) is 6.20 Å². The third-order valence-corrected chi connectivity index (χ3v) is 3.48. The minimum Gasteiger partial charge on any atom is -0.369 e. The van der Waals surface area contributed by atoms with Crippen molar-refractivity contribution in [3.05, 3.63) is 51.3 Å². The van der Waals surface area contributed by atoms with Crippen molar-refractivity contribution in [2.75, 3.05) is 31.1 Å². The van der Waals surface area contributed by atoms with E-state index in [-0.39, 0.29) is 5.56 Å². The molecule has 6 nitrogen and oxygen atoms in total. The van der Waals surface area contributed by atoms with Crippen LogP contribution in [0.15, 0.2) is 40.1 Å². The lowest BCUT2D eigenvalue weighted by molar-refractivity contribution is 0.589. The molecule has 0 saturated carbocycles. The highest BCUT2D eigenvalue weighted by atomic mass is 16.2. The van der Waals surface area contributed by atoms with E-state index >= 15 is 0 Å². The van der Waals surface area contributed by atoms with Gasteiger partial charge in [0.25, 0.3) is 5.56 Å². The van der Waals surface area contributed by atoms with Gasteiger partial charge in [-0.1, -0.05) is 12.1 Å². The second-order valence-corrected chi connectivity index (χ2v) is 4.77. The van der Waals surface area contributed by atoms with Gasteiger partial charge in [-0.25, -0.2) is 4.79 Å². The average molecular weight is 272 g/mol. The smallest absolute Gasteiger partial charge is 0.325 e. The van der Waals surface area contributed by atoms with E-state index in [1.807, 2.05) is 24.3 Å². The Morgan fingerprint density at radius 3 is 2.35 bits per heavy atom. The second-order valence-electron chi connectivity index (χ2n) is 4.77. The molecule has 0 unspecified atom stereocenters. The molecule has 0 radical (unpaired) electrons. The molecule has 20 heavy (non-hydrogen) atoms. The van der Waals surface area contributed by atoms with E-state index < -0.39 is 5.69 Å². The molecule has 104 valence electrons. The Morgan fingerprint density at radius 2 is 1.70 bits per heavy atom. The highest BCUT2D eigenvalue weighted by Crippen LogP contribution is 2.20. The van der Waals surface area contributed by atoms with Gasteiger partial charge in [-0.05, 0) is 17.7 Å². The van der Waals surface area contributed by atoms with E-state index in [2.05, 4.69) is 20.2 Å². The van der Waals surface area contributed by atoms with Gasteiger partial charge < -0.3 is 15.2 Å². The predicted molar refractivity (Wildman–Crippen MR) is 78.2 cm³/mol. The number of aromatic amines is 2. The summed E-state index contributed by atoms with van der Waals surface area (Å²) in [4.78, 5) is 29.8. The summed E-state index contributed by atoms with van der Waals surface area (Å²) in [6.07, 6.45) is 1.45. The molecular weight excluding hydrogens is 256 g/mol. The summed E-state index contributed by atoms with van der Waals surface area (Å²) >= 11 is 0. The molecule has 2 aromatic rings. The van der Waals surface area contributed by atoms with Crippen molar-refractivity contribution in [3.63, 3.8) is 0 Å². The Balaban J connectivity index is 1.89. The number of hydrogen-bond donors (Lipinski definition) is 3. The summed E-state index contributed by atoms with van der Waals surface area (Å²) in [7, 11) is 0. The van der Waals surface area contributed by atoms with Crippen LogP contribution in [0, 0.1) is 0 Å². The number of nitrogens with zero attached hydrogens (tertiary/aromatic N) is 1. The van der Waals surface area contributed by atoms with Crippen LogP contribution in [0.2, 0.25) is 0 Å². The Hall–Kier alpha value is -2.34. The maximum absolute atomic E-state index is 11.7. The van der Waals surface area contributed by atoms with Crippen molar-refractivity contribution in [3.8, 4) is 11.1 Å². The van der Waals surface area contributed by atoms with Crippen LogP contribution in [0.25, 0.3) is 11.1 Å². The first-order valence-corrected chi connectivity index (χ1v) is 6.62. The van der Waals surface area contributed by atoms with Gasteiger partial charge in [-0.3, -0.25) is 9.78 Å². The molecule has 6 heteroatoms. The number of nitrogens with one attached hydrogen (secondary N) is 3. The molecule has 0 amide bonds. The summed E-state index contributed by atoms with van der Waals surface area (Å²) in [5, 5.41) is 3.31. The second kappa shape index (κ2) is 5.34. The van der Waals surface area contributed by atoms with Crippen molar-refractivity contribution >= 4 is 5.69 Å². The van der Waals surface area contributed by atoms with Crippen LogP contribution < -0.4 is 21.5 Å². The van der Waals surface area contributed by atoms with E-state index in [0.29, 0.717) is 5.56 Å². The third kappa shape index (κ3) is 2.50. The first-order chi connectivity index (χ1) is 9.74. The zero-order chi connectivity index (χ0) is 13.9. The van der Waals surface area contributed by atoms with E-state index in [9.17, 15) is 9.59 Å². The summed E-state index contributed by atoms with van der Waals surface area (Å²) in [5.41, 5.74) is 1.55.